The molecule has 0 bridgehead atoms. The average molecular weight is 185 g/mol. The molecule has 0 aromatic rings. The summed E-state index contributed by atoms with van der Waals surface area (Å²) in [5.74, 6) is -0.393. The van der Waals surface area contributed by atoms with Crippen molar-refractivity contribution in [2.45, 2.75) is 25.9 Å². The first-order valence-corrected chi connectivity index (χ1v) is 4.40. The highest BCUT2D eigenvalue weighted by atomic mass is 16.6. The van der Waals surface area contributed by atoms with Crippen molar-refractivity contribution in [3.05, 3.63) is 11.8 Å². The van der Waals surface area contributed by atoms with Gasteiger partial charge in [-0.05, 0) is 19.8 Å². The number of nitrogens with two attached hydrogens (primary N) is 1. The molecule has 0 spiro atoms. The smallest absolute Gasteiger partial charge is 0.332 e. The molecular formula is C9H15NO3. The predicted molar refractivity (Wildman–Crippen MR) is 47.9 cm³/mol. The van der Waals surface area contributed by atoms with E-state index in [0.29, 0.717) is 12.3 Å². The molecule has 0 aromatic heterocycles. The van der Waals surface area contributed by atoms with Crippen LogP contribution in [0.25, 0.3) is 0 Å². The standard InChI is InChI=1S/C9H15NO3/c1-7(10)5-9(11)13-6-8-3-2-4-12-8/h5,8H,2-4,6,10H2,1H3/b7-5-. The van der Waals surface area contributed by atoms with Gasteiger partial charge in [-0.2, -0.15) is 0 Å². The van der Waals surface area contributed by atoms with Crippen LogP contribution in [0.5, 0.6) is 0 Å². The number of carbonyl (C=O) groups excluding carboxylic acids is 1. The molecule has 4 nitrogen and oxygen atoms in total. The summed E-state index contributed by atoms with van der Waals surface area (Å²) in [5.41, 5.74) is 5.76. The van der Waals surface area contributed by atoms with E-state index in [0.717, 1.165) is 19.4 Å². The molecule has 0 radical (unpaired) electrons. The summed E-state index contributed by atoms with van der Waals surface area (Å²) in [7, 11) is 0. The van der Waals surface area contributed by atoms with Crippen molar-refractivity contribution < 1.29 is 14.3 Å². The number of allylic oxidation sites excluding steroid dienone is 1. The molecule has 1 fully saturated rings. The maximum Gasteiger partial charge on any atom is 0.332 e. The Kier molecular flexibility index (Phi) is 3.76. The molecular weight excluding hydrogens is 170 g/mol. The van der Waals surface area contributed by atoms with Crippen molar-refractivity contribution in [2.24, 2.45) is 5.73 Å². The molecule has 1 heterocycles. The molecule has 4 heteroatoms. The summed E-state index contributed by atoms with van der Waals surface area (Å²) < 4.78 is 10.2. The fraction of sp³-hybridized carbons (Fsp3) is 0.667. The van der Waals surface area contributed by atoms with E-state index in [1.54, 1.807) is 6.92 Å². The second kappa shape index (κ2) is 4.87. The maximum absolute atomic E-state index is 11.0. The molecule has 74 valence electrons. The third-order valence-corrected chi connectivity index (χ3v) is 1.78. The minimum Gasteiger partial charge on any atom is -0.460 e. The Labute approximate surface area is 77.7 Å². The SMILES string of the molecule is C/C(N)=C/C(=O)OCC1CCCO1. The topological polar surface area (TPSA) is 61.6 Å². The van der Waals surface area contributed by atoms with Crippen LogP contribution in [0.3, 0.4) is 0 Å². The molecule has 1 rings (SSSR count). The van der Waals surface area contributed by atoms with E-state index in [4.69, 9.17) is 15.2 Å². The van der Waals surface area contributed by atoms with Crippen molar-refractivity contribution in [1.29, 1.82) is 0 Å². The van der Waals surface area contributed by atoms with Gasteiger partial charge in [0.1, 0.15) is 6.61 Å². The highest BCUT2D eigenvalue weighted by Crippen LogP contribution is 2.11. The molecule has 1 aliphatic heterocycles. The normalized spacial score (nSPS) is 23.2. The van der Waals surface area contributed by atoms with Gasteiger partial charge in [0.05, 0.1) is 6.10 Å². The Morgan fingerprint density at radius 1 is 1.77 bits per heavy atom. The Balaban J connectivity index is 2.18. The van der Waals surface area contributed by atoms with E-state index < -0.39 is 5.97 Å². The first-order valence-electron chi connectivity index (χ1n) is 4.40. The van der Waals surface area contributed by atoms with Crippen LogP contribution in [-0.4, -0.2) is 25.3 Å². The van der Waals surface area contributed by atoms with E-state index in [-0.39, 0.29) is 6.10 Å². The monoisotopic (exact) mass is 185 g/mol. The molecule has 13 heavy (non-hydrogen) atoms. The molecule has 0 aliphatic carbocycles. The predicted octanol–water partition coefficient (Wildman–Crippen LogP) is 0.571. The minimum atomic E-state index is -0.393. The summed E-state index contributed by atoms with van der Waals surface area (Å²) in [6.45, 7) is 2.75. The highest BCUT2D eigenvalue weighted by molar-refractivity contribution is 5.82. The second-order valence-electron chi connectivity index (χ2n) is 3.15. The third-order valence-electron chi connectivity index (χ3n) is 1.78. The number of hydrogen-bond donors (Lipinski definition) is 1. The fourth-order valence-electron chi connectivity index (χ4n) is 1.18. The zero-order valence-electron chi connectivity index (χ0n) is 7.79. The highest BCUT2D eigenvalue weighted by Gasteiger charge is 2.16. The van der Waals surface area contributed by atoms with E-state index in [1.165, 1.54) is 6.08 Å². The van der Waals surface area contributed by atoms with Crippen LogP contribution >= 0.6 is 0 Å². The number of rotatable bonds is 3. The first kappa shape index (κ1) is 10.1. The van der Waals surface area contributed by atoms with Gasteiger partial charge in [0.15, 0.2) is 0 Å². The maximum atomic E-state index is 11.0. The van der Waals surface area contributed by atoms with Crippen molar-refractivity contribution >= 4 is 5.97 Å². The first-order chi connectivity index (χ1) is 6.18. The average Bonchev–Trinajstić information content (AvgIpc) is 2.51. The van der Waals surface area contributed by atoms with Gasteiger partial charge in [0.2, 0.25) is 0 Å². The van der Waals surface area contributed by atoms with Crippen molar-refractivity contribution in [3.8, 4) is 0 Å². The van der Waals surface area contributed by atoms with Gasteiger partial charge in [-0.1, -0.05) is 0 Å². The van der Waals surface area contributed by atoms with Crippen LogP contribution in [-0.2, 0) is 14.3 Å². The zero-order chi connectivity index (χ0) is 9.68. The summed E-state index contributed by atoms with van der Waals surface area (Å²) in [6, 6.07) is 0. The molecule has 0 amide bonds. The lowest BCUT2D eigenvalue weighted by Gasteiger charge is -2.08. The Hall–Kier alpha value is -1.03. The van der Waals surface area contributed by atoms with Gasteiger partial charge in [-0.25, -0.2) is 4.79 Å². The number of ether oxygens (including phenoxy) is 2. The van der Waals surface area contributed by atoms with E-state index in [2.05, 4.69) is 0 Å². The Morgan fingerprint density at radius 3 is 3.08 bits per heavy atom. The lowest BCUT2D eigenvalue weighted by molar-refractivity contribution is -0.140. The van der Waals surface area contributed by atoms with Gasteiger partial charge >= 0.3 is 5.97 Å². The van der Waals surface area contributed by atoms with E-state index in [1.807, 2.05) is 0 Å². The summed E-state index contributed by atoms with van der Waals surface area (Å²) in [6.07, 6.45) is 3.37. The van der Waals surface area contributed by atoms with Crippen LogP contribution in [0.4, 0.5) is 0 Å². The van der Waals surface area contributed by atoms with Gasteiger partial charge in [-0.15, -0.1) is 0 Å². The number of hydrogen-bond acceptors (Lipinski definition) is 4. The number of esters is 1. The zero-order valence-corrected chi connectivity index (χ0v) is 7.79. The van der Waals surface area contributed by atoms with Crippen LogP contribution in [0.1, 0.15) is 19.8 Å². The third kappa shape index (κ3) is 3.94. The van der Waals surface area contributed by atoms with Gasteiger partial charge in [0, 0.05) is 18.4 Å². The van der Waals surface area contributed by atoms with Gasteiger partial charge < -0.3 is 15.2 Å². The van der Waals surface area contributed by atoms with Crippen LogP contribution in [0, 0.1) is 0 Å². The van der Waals surface area contributed by atoms with Crippen molar-refractivity contribution in [3.63, 3.8) is 0 Å². The van der Waals surface area contributed by atoms with E-state index >= 15 is 0 Å². The van der Waals surface area contributed by atoms with Crippen molar-refractivity contribution in [1.82, 2.24) is 0 Å². The van der Waals surface area contributed by atoms with Gasteiger partial charge in [0.25, 0.3) is 0 Å². The van der Waals surface area contributed by atoms with Crippen LogP contribution in [0.15, 0.2) is 11.8 Å². The van der Waals surface area contributed by atoms with Crippen LogP contribution in [0.2, 0.25) is 0 Å². The summed E-state index contributed by atoms with van der Waals surface area (Å²) in [5, 5.41) is 0. The molecule has 1 atom stereocenters. The fourth-order valence-corrected chi connectivity index (χ4v) is 1.18. The van der Waals surface area contributed by atoms with Crippen molar-refractivity contribution in [2.75, 3.05) is 13.2 Å². The lowest BCUT2D eigenvalue weighted by Crippen LogP contribution is -2.17. The molecule has 2 N–H and O–H groups in total. The number of carbonyl (C=O) groups is 1. The molecule has 1 unspecified atom stereocenters. The minimum absolute atomic E-state index is 0.0791. The largest absolute Gasteiger partial charge is 0.460 e. The van der Waals surface area contributed by atoms with E-state index in [9.17, 15) is 4.79 Å². The summed E-state index contributed by atoms with van der Waals surface area (Å²) in [4.78, 5) is 11.0. The quantitative estimate of drug-likeness (QED) is 0.516. The lowest BCUT2D eigenvalue weighted by atomic mass is 10.2. The molecule has 0 aromatic carbocycles. The molecule has 1 saturated heterocycles. The van der Waals surface area contributed by atoms with Gasteiger partial charge in [-0.3, -0.25) is 0 Å². The Morgan fingerprint density at radius 2 is 2.54 bits per heavy atom. The molecule has 0 saturated carbocycles. The second-order valence-corrected chi connectivity index (χ2v) is 3.15. The van der Waals surface area contributed by atoms with Crippen LogP contribution < -0.4 is 5.73 Å². The molecule has 1 aliphatic rings. The Bertz CT molecular complexity index is 203. The summed E-state index contributed by atoms with van der Waals surface area (Å²) >= 11 is 0.